The minimum Gasteiger partial charge on any atom is -0.475 e. The number of halogens is 1. The first kappa shape index (κ1) is 12.7. The van der Waals surface area contributed by atoms with Gasteiger partial charge in [-0.15, -0.1) is 0 Å². The van der Waals surface area contributed by atoms with Gasteiger partial charge in [-0.1, -0.05) is 11.6 Å². The zero-order chi connectivity index (χ0) is 13.4. The Balaban J connectivity index is 1.67. The van der Waals surface area contributed by atoms with Crippen LogP contribution in [0.3, 0.4) is 0 Å². The molecule has 0 atom stereocenters. The van der Waals surface area contributed by atoms with Gasteiger partial charge in [0.05, 0.1) is 6.54 Å². The minimum atomic E-state index is -0.204. The van der Waals surface area contributed by atoms with Gasteiger partial charge < -0.3 is 15.0 Å². The predicted molar refractivity (Wildman–Crippen MR) is 70.7 cm³/mol. The van der Waals surface area contributed by atoms with Crippen molar-refractivity contribution in [3.8, 4) is 5.88 Å². The SMILES string of the molecule is CN1CCC(NC(=O)c2nn3c(c2Cl)OCC3)CC1. The van der Waals surface area contributed by atoms with Crippen LogP contribution in [-0.2, 0) is 6.54 Å². The Morgan fingerprint density at radius 3 is 2.84 bits per heavy atom. The van der Waals surface area contributed by atoms with Gasteiger partial charge in [0.2, 0.25) is 5.88 Å². The fourth-order valence-electron chi connectivity index (χ4n) is 2.49. The number of rotatable bonds is 2. The van der Waals surface area contributed by atoms with Crippen LogP contribution >= 0.6 is 11.6 Å². The Morgan fingerprint density at radius 2 is 2.16 bits per heavy atom. The maximum absolute atomic E-state index is 12.2. The molecule has 1 aromatic heterocycles. The van der Waals surface area contributed by atoms with Crippen LogP contribution in [0.5, 0.6) is 5.88 Å². The molecule has 1 amide bonds. The number of ether oxygens (including phenoxy) is 1. The average molecular weight is 285 g/mol. The highest BCUT2D eigenvalue weighted by molar-refractivity contribution is 6.34. The molecule has 0 aliphatic carbocycles. The molecule has 1 saturated heterocycles. The summed E-state index contributed by atoms with van der Waals surface area (Å²) in [5.41, 5.74) is 0.273. The second kappa shape index (κ2) is 5.02. The highest BCUT2D eigenvalue weighted by Crippen LogP contribution is 2.31. The van der Waals surface area contributed by atoms with Gasteiger partial charge in [0.1, 0.15) is 11.6 Å². The van der Waals surface area contributed by atoms with Gasteiger partial charge in [-0.3, -0.25) is 4.79 Å². The molecule has 0 spiro atoms. The normalized spacial score (nSPS) is 20.1. The summed E-state index contributed by atoms with van der Waals surface area (Å²) < 4.78 is 6.99. The van der Waals surface area contributed by atoms with Crippen LogP contribution in [0.1, 0.15) is 23.3 Å². The van der Waals surface area contributed by atoms with Crippen LogP contribution in [0.2, 0.25) is 5.02 Å². The Kier molecular flexibility index (Phi) is 3.36. The molecule has 104 valence electrons. The van der Waals surface area contributed by atoms with Crippen molar-refractivity contribution in [2.75, 3.05) is 26.7 Å². The second-order valence-corrected chi connectivity index (χ2v) is 5.47. The Labute approximate surface area is 116 Å². The van der Waals surface area contributed by atoms with Gasteiger partial charge in [0.15, 0.2) is 5.69 Å². The Bertz CT molecular complexity index is 494. The van der Waals surface area contributed by atoms with E-state index in [0.717, 1.165) is 25.9 Å². The molecule has 1 N–H and O–H groups in total. The van der Waals surface area contributed by atoms with Crippen molar-refractivity contribution >= 4 is 17.5 Å². The van der Waals surface area contributed by atoms with Crippen LogP contribution in [0.25, 0.3) is 0 Å². The summed E-state index contributed by atoms with van der Waals surface area (Å²) in [6, 6.07) is 0.206. The third-order valence-corrected chi connectivity index (χ3v) is 4.00. The van der Waals surface area contributed by atoms with Gasteiger partial charge in [-0.2, -0.15) is 5.10 Å². The molecule has 7 heteroatoms. The minimum absolute atomic E-state index is 0.204. The van der Waals surface area contributed by atoms with E-state index >= 15 is 0 Å². The highest BCUT2D eigenvalue weighted by atomic mass is 35.5. The molecule has 0 bridgehead atoms. The highest BCUT2D eigenvalue weighted by Gasteiger charge is 2.28. The summed E-state index contributed by atoms with van der Waals surface area (Å²) in [6.45, 7) is 3.22. The maximum atomic E-state index is 12.2. The number of fused-ring (bicyclic) bond motifs is 1. The topological polar surface area (TPSA) is 59.4 Å². The van der Waals surface area contributed by atoms with E-state index in [0.29, 0.717) is 24.1 Å². The molecule has 3 rings (SSSR count). The Hall–Kier alpha value is -1.27. The number of nitrogens with one attached hydrogen (secondary N) is 1. The largest absolute Gasteiger partial charge is 0.475 e. The fourth-order valence-corrected chi connectivity index (χ4v) is 2.77. The molecule has 0 unspecified atom stereocenters. The molecule has 0 aromatic carbocycles. The zero-order valence-corrected chi connectivity index (χ0v) is 11.6. The van der Waals surface area contributed by atoms with Crippen LogP contribution in [0, 0.1) is 0 Å². The van der Waals surface area contributed by atoms with E-state index in [1.807, 2.05) is 0 Å². The van der Waals surface area contributed by atoms with Gasteiger partial charge in [0, 0.05) is 6.04 Å². The molecular weight excluding hydrogens is 268 g/mol. The maximum Gasteiger partial charge on any atom is 0.273 e. The number of carbonyl (C=O) groups is 1. The van der Waals surface area contributed by atoms with Crippen LogP contribution < -0.4 is 10.1 Å². The quantitative estimate of drug-likeness (QED) is 0.871. The molecule has 0 radical (unpaired) electrons. The number of hydrogen-bond acceptors (Lipinski definition) is 4. The lowest BCUT2D eigenvalue weighted by molar-refractivity contribution is 0.0911. The van der Waals surface area contributed by atoms with E-state index in [9.17, 15) is 4.79 Å². The van der Waals surface area contributed by atoms with Crippen LogP contribution in [0.15, 0.2) is 0 Å². The molecule has 0 saturated carbocycles. The number of piperidine rings is 1. The number of nitrogens with zero attached hydrogens (tertiary/aromatic N) is 3. The van der Waals surface area contributed by atoms with Gasteiger partial charge in [-0.05, 0) is 33.0 Å². The van der Waals surface area contributed by atoms with E-state index in [4.69, 9.17) is 16.3 Å². The summed E-state index contributed by atoms with van der Waals surface area (Å²) in [5.74, 6) is 0.306. The van der Waals surface area contributed by atoms with E-state index in [2.05, 4.69) is 22.4 Å². The van der Waals surface area contributed by atoms with Crippen LogP contribution in [-0.4, -0.2) is 53.4 Å². The zero-order valence-electron chi connectivity index (χ0n) is 10.9. The van der Waals surface area contributed by atoms with E-state index in [1.54, 1.807) is 4.68 Å². The molecule has 2 aliphatic heterocycles. The summed E-state index contributed by atoms with van der Waals surface area (Å²) in [7, 11) is 2.09. The Morgan fingerprint density at radius 1 is 1.42 bits per heavy atom. The van der Waals surface area contributed by atoms with Crippen molar-refractivity contribution in [3.05, 3.63) is 10.7 Å². The second-order valence-electron chi connectivity index (χ2n) is 5.09. The summed E-state index contributed by atoms with van der Waals surface area (Å²) >= 11 is 6.13. The predicted octanol–water partition coefficient (Wildman–Crippen LogP) is 0.753. The van der Waals surface area contributed by atoms with E-state index in [1.165, 1.54) is 0 Å². The first-order chi connectivity index (χ1) is 9.15. The molecule has 1 aromatic rings. The smallest absolute Gasteiger partial charge is 0.273 e. The van der Waals surface area contributed by atoms with Gasteiger partial charge in [-0.25, -0.2) is 4.68 Å². The number of aromatic nitrogens is 2. The van der Waals surface area contributed by atoms with Gasteiger partial charge >= 0.3 is 0 Å². The van der Waals surface area contributed by atoms with Crippen molar-refractivity contribution < 1.29 is 9.53 Å². The third-order valence-electron chi connectivity index (χ3n) is 3.66. The fraction of sp³-hybridized carbons (Fsp3) is 0.667. The number of hydrogen-bond donors (Lipinski definition) is 1. The van der Waals surface area contributed by atoms with E-state index < -0.39 is 0 Å². The number of amides is 1. The monoisotopic (exact) mass is 284 g/mol. The molecule has 1 fully saturated rings. The van der Waals surface area contributed by atoms with Crippen molar-refractivity contribution in [1.29, 1.82) is 0 Å². The lowest BCUT2D eigenvalue weighted by Crippen LogP contribution is -2.43. The molecule has 19 heavy (non-hydrogen) atoms. The summed E-state index contributed by atoms with van der Waals surface area (Å²) in [6.07, 6.45) is 1.92. The lowest BCUT2D eigenvalue weighted by atomic mass is 10.1. The summed E-state index contributed by atoms with van der Waals surface area (Å²) in [4.78, 5) is 14.4. The first-order valence-electron chi connectivity index (χ1n) is 6.53. The van der Waals surface area contributed by atoms with Crippen molar-refractivity contribution in [1.82, 2.24) is 20.0 Å². The molecule has 3 heterocycles. The molecular formula is C12H17ClN4O2. The lowest BCUT2D eigenvalue weighted by Gasteiger charge is -2.29. The van der Waals surface area contributed by atoms with Gasteiger partial charge in [0.25, 0.3) is 5.91 Å². The van der Waals surface area contributed by atoms with E-state index in [-0.39, 0.29) is 17.6 Å². The average Bonchev–Trinajstić information content (AvgIpc) is 2.96. The molecule has 6 nitrogen and oxygen atoms in total. The number of likely N-dealkylation sites (tertiary alicyclic amines) is 1. The molecule has 2 aliphatic rings. The van der Waals surface area contributed by atoms with Crippen LogP contribution in [0.4, 0.5) is 0 Å². The third kappa shape index (κ3) is 2.42. The first-order valence-corrected chi connectivity index (χ1v) is 6.91. The van der Waals surface area contributed by atoms with Crippen molar-refractivity contribution in [3.63, 3.8) is 0 Å². The summed E-state index contributed by atoms with van der Waals surface area (Å²) in [5, 5.41) is 7.53. The standard InChI is InChI=1S/C12H17ClN4O2/c1-16-4-2-8(3-5-16)14-11(18)10-9(13)12-17(15-10)6-7-19-12/h8H,2-7H2,1H3,(H,14,18). The van der Waals surface area contributed by atoms with Crippen molar-refractivity contribution in [2.45, 2.75) is 25.4 Å². The van der Waals surface area contributed by atoms with Crippen molar-refractivity contribution in [2.24, 2.45) is 0 Å². The number of carbonyl (C=O) groups excluding carboxylic acids is 1.